The van der Waals surface area contributed by atoms with Crippen LogP contribution in [0.2, 0.25) is 0 Å². The maximum Gasteiger partial charge on any atom is 0.311 e. The Labute approximate surface area is 84.9 Å². The second-order valence-corrected chi connectivity index (χ2v) is 2.99. The molecular formula is C8H10FN3O3. The van der Waals surface area contributed by atoms with Crippen molar-refractivity contribution in [2.24, 2.45) is 0 Å². The fourth-order valence-corrected chi connectivity index (χ4v) is 0.961. The number of halogens is 1. The lowest BCUT2D eigenvalue weighted by atomic mass is 10.3. The number of pyridine rings is 1. The van der Waals surface area contributed by atoms with Gasteiger partial charge in [0.2, 0.25) is 11.8 Å². The van der Waals surface area contributed by atoms with Crippen LogP contribution in [0.1, 0.15) is 6.92 Å². The minimum atomic E-state index is -0.812. The third-order valence-corrected chi connectivity index (χ3v) is 1.69. The molecule has 6 nitrogen and oxygen atoms in total. The van der Waals surface area contributed by atoms with Crippen LogP contribution in [0.3, 0.4) is 0 Å². The Morgan fingerprint density at radius 2 is 2.40 bits per heavy atom. The van der Waals surface area contributed by atoms with Crippen LogP contribution in [0.25, 0.3) is 0 Å². The molecule has 0 saturated heterocycles. The Morgan fingerprint density at radius 1 is 1.73 bits per heavy atom. The van der Waals surface area contributed by atoms with E-state index in [-0.39, 0.29) is 18.1 Å². The summed E-state index contributed by atoms with van der Waals surface area (Å²) in [7, 11) is 0. The van der Waals surface area contributed by atoms with Gasteiger partial charge in [0.1, 0.15) is 0 Å². The summed E-state index contributed by atoms with van der Waals surface area (Å²) in [6.07, 6.45) is 0. The molecule has 82 valence electrons. The molecule has 0 spiro atoms. The number of nitrogens with zero attached hydrogens (tertiary/aromatic N) is 2. The zero-order valence-corrected chi connectivity index (χ0v) is 7.98. The Hall–Kier alpha value is -1.76. The van der Waals surface area contributed by atoms with Crippen molar-refractivity contribution < 1.29 is 14.4 Å². The van der Waals surface area contributed by atoms with E-state index in [9.17, 15) is 14.5 Å². The molecule has 7 heteroatoms. The van der Waals surface area contributed by atoms with Gasteiger partial charge in [0.05, 0.1) is 11.5 Å². The average molecular weight is 215 g/mol. The molecule has 0 saturated carbocycles. The van der Waals surface area contributed by atoms with Gasteiger partial charge in [-0.2, -0.15) is 9.37 Å². The summed E-state index contributed by atoms with van der Waals surface area (Å²) >= 11 is 0. The molecule has 1 unspecified atom stereocenters. The fraction of sp³-hybridized carbons (Fsp3) is 0.375. The van der Waals surface area contributed by atoms with Crippen molar-refractivity contribution in [2.75, 3.05) is 11.9 Å². The van der Waals surface area contributed by atoms with Crippen molar-refractivity contribution >= 4 is 11.5 Å². The number of anilines is 1. The third kappa shape index (κ3) is 2.84. The third-order valence-electron chi connectivity index (χ3n) is 1.69. The van der Waals surface area contributed by atoms with Gasteiger partial charge in [-0.15, -0.1) is 0 Å². The molecule has 1 rings (SSSR count). The molecule has 0 radical (unpaired) electrons. The first-order chi connectivity index (χ1) is 7.04. The molecule has 1 atom stereocenters. The van der Waals surface area contributed by atoms with E-state index in [2.05, 4.69) is 10.3 Å². The van der Waals surface area contributed by atoms with E-state index in [1.807, 2.05) is 0 Å². The van der Waals surface area contributed by atoms with Crippen LogP contribution in [0.4, 0.5) is 15.9 Å². The van der Waals surface area contributed by atoms with E-state index >= 15 is 0 Å². The Kier molecular flexibility index (Phi) is 3.51. The zero-order chi connectivity index (χ0) is 11.4. The molecule has 0 aliphatic heterocycles. The number of nitro groups is 1. The van der Waals surface area contributed by atoms with Crippen LogP contribution >= 0.6 is 0 Å². The first-order valence-electron chi connectivity index (χ1n) is 4.23. The first kappa shape index (κ1) is 11.3. The van der Waals surface area contributed by atoms with Crippen molar-refractivity contribution in [3.05, 3.63) is 28.2 Å². The average Bonchev–Trinajstić information content (AvgIpc) is 2.17. The summed E-state index contributed by atoms with van der Waals surface area (Å²) in [5.41, 5.74) is -0.322. The van der Waals surface area contributed by atoms with Gasteiger partial charge < -0.3 is 10.4 Å². The second-order valence-electron chi connectivity index (χ2n) is 2.99. The minimum Gasteiger partial charge on any atom is -0.394 e. The highest BCUT2D eigenvalue weighted by molar-refractivity contribution is 5.55. The van der Waals surface area contributed by atoms with Crippen LogP contribution in [0.15, 0.2) is 12.1 Å². The van der Waals surface area contributed by atoms with E-state index in [4.69, 9.17) is 5.11 Å². The second kappa shape index (κ2) is 4.65. The number of hydrogen-bond donors (Lipinski definition) is 2. The van der Waals surface area contributed by atoms with Crippen molar-refractivity contribution in [1.82, 2.24) is 4.98 Å². The molecule has 0 fully saturated rings. The van der Waals surface area contributed by atoms with Gasteiger partial charge in [0.15, 0.2) is 0 Å². The van der Waals surface area contributed by atoms with E-state index in [1.165, 1.54) is 0 Å². The highest BCUT2D eigenvalue weighted by Crippen LogP contribution is 2.22. The molecule has 1 heterocycles. The molecule has 0 aliphatic carbocycles. The molecule has 1 aromatic heterocycles. The summed E-state index contributed by atoms with van der Waals surface area (Å²) in [4.78, 5) is 13.2. The Bertz CT molecular complexity index is 372. The lowest BCUT2D eigenvalue weighted by Crippen LogP contribution is -2.21. The molecule has 1 aromatic rings. The monoisotopic (exact) mass is 215 g/mol. The van der Waals surface area contributed by atoms with E-state index in [1.54, 1.807) is 6.92 Å². The van der Waals surface area contributed by atoms with Crippen molar-refractivity contribution in [3.63, 3.8) is 0 Å². The maximum absolute atomic E-state index is 12.7. The smallest absolute Gasteiger partial charge is 0.311 e. The SMILES string of the molecule is CC(CO)Nc1nc(F)ccc1[N+](=O)[O-]. The van der Waals surface area contributed by atoms with Crippen LogP contribution in [-0.2, 0) is 0 Å². The van der Waals surface area contributed by atoms with E-state index in [0.717, 1.165) is 12.1 Å². The summed E-state index contributed by atoms with van der Waals surface area (Å²) in [6.45, 7) is 1.37. The van der Waals surface area contributed by atoms with Gasteiger partial charge in [0.25, 0.3) is 0 Å². The molecule has 2 N–H and O–H groups in total. The molecular weight excluding hydrogens is 205 g/mol. The predicted octanol–water partition coefficient (Wildman–Crippen LogP) is 0.922. The summed E-state index contributed by atoms with van der Waals surface area (Å²) in [5.74, 6) is -0.991. The molecule has 0 aromatic carbocycles. The highest BCUT2D eigenvalue weighted by atomic mass is 19.1. The molecule has 0 aliphatic rings. The quantitative estimate of drug-likeness (QED) is 0.443. The number of aliphatic hydroxyl groups excluding tert-OH is 1. The van der Waals surface area contributed by atoms with E-state index in [0.29, 0.717) is 0 Å². The fourth-order valence-electron chi connectivity index (χ4n) is 0.961. The Balaban J connectivity index is 3.02. The lowest BCUT2D eigenvalue weighted by Gasteiger charge is -2.10. The standard InChI is InChI=1S/C8H10FN3O3/c1-5(4-13)10-8-6(12(14)15)2-3-7(9)11-8/h2-3,5,13H,4H2,1H3,(H,10,11). The van der Waals surface area contributed by atoms with Gasteiger partial charge in [-0.05, 0) is 6.92 Å². The number of nitrogens with one attached hydrogen (secondary N) is 1. The number of rotatable bonds is 4. The van der Waals surface area contributed by atoms with Gasteiger partial charge >= 0.3 is 5.69 Å². The van der Waals surface area contributed by atoms with Crippen LogP contribution < -0.4 is 5.32 Å². The number of aliphatic hydroxyl groups is 1. The Morgan fingerprint density at radius 3 is 2.93 bits per heavy atom. The number of hydrogen-bond acceptors (Lipinski definition) is 5. The van der Waals surface area contributed by atoms with Crippen LogP contribution in [-0.4, -0.2) is 27.7 Å². The summed E-state index contributed by atoms with van der Waals surface area (Å²) in [5, 5.41) is 21.8. The van der Waals surface area contributed by atoms with Gasteiger partial charge in [-0.1, -0.05) is 0 Å². The molecule has 0 bridgehead atoms. The summed E-state index contributed by atoms with van der Waals surface area (Å²) in [6, 6.07) is 1.50. The zero-order valence-electron chi connectivity index (χ0n) is 7.98. The lowest BCUT2D eigenvalue weighted by molar-refractivity contribution is -0.384. The molecule has 0 amide bonds. The van der Waals surface area contributed by atoms with Gasteiger partial charge in [-0.25, -0.2) is 0 Å². The van der Waals surface area contributed by atoms with Crippen molar-refractivity contribution in [3.8, 4) is 0 Å². The van der Waals surface area contributed by atoms with Crippen LogP contribution in [0.5, 0.6) is 0 Å². The van der Waals surface area contributed by atoms with Crippen molar-refractivity contribution in [1.29, 1.82) is 0 Å². The highest BCUT2D eigenvalue weighted by Gasteiger charge is 2.17. The number of aromatic nitrogens is 1. The molecule has 15 heavy (non-hydrogen) atoms. The van der Waals surface area contributed by atoms with Crippen molar-refractivity contribution in [2.45, 2.75) is 13.0 Å². The normalized spacial score (nSPS) is 12.2. The minimum absolute atomic E-state index is 0.179. The summed E-state index contributed by atoms with van der Waals surface area (Å²) < 4.78 is 12.7. The topological polar surface area (TPSA) is 88.3 Å². The van der Waals surface area contributed by atoms with Gasteiger partial charge in [0, 0.05) is 18.2 Å². The van der Waals surface area contributed by atoms with E-state index < -0.39 is 16.9 Å². The van der Waals surface area contributed by atoms with Gasteiger partial charge in [-0.3, -0.25) is 10.1 Å². The first-order valence-corrected chi connectivity index (χ1v) is 4.23. The van der Waals surface area contributed by atoms with Crippen LogP contribution in [0, 0.1) is 16.1 Å². The maximum atomic E-state index is 12.7. The predicted molar refractivity (Wildman–Crippen MR) is 51.0 cm³/mol. The largest absolute Gasteiger partial charge is 0.394 e.